The summed E-state index contributed by atoms with van der Waals surface area (Å²) in [4.78, 5) is 16.6. The summed E-state index contributed by atoms with van der Waals surface area (Å²) in [5, 5.41) is 7.96. The van der Waals surface area contributed by atoms with Gasteiger partial charge in [0.05, 0.1) is 22.7 Å². The Bertz CT molecular complexity index is 812. The standard InChI is InChI=1S/C16H17FN4O3S.H2/c1-23-2-3-24-14-6-11(18)9(4-10(14)17)16(20)13(22)5-12(19)15-7-21-8-25-15;/h4-8,20H,2-3,18-19H2,1H3;1H/b12-5-,20-16?;. The van der Waals surface area contributed by atoms with Crippen LogP contribution in [0.15, 0.2) is 29.9 Å². The third-order valence-corrected chi connectivity index (χ3v) is 3.99. The number of rotatable bonds is 8. The molecule has 1 aromatic carbocycles. The molecule has 0 spiro atoms. The number of carbonyl (C=O) groups is 1. The van der Waals surface area contributed by atoms with Crippen LogP contribution in [-0.2, 0) is 9.53 Å². The number of halogens is 1. The van der Waals surface area contributed by atoms with Gasteiger partial charge in [-0.3, -0.25) is 15.2 Å². The van der Waals surface area contributed by atoms with Gasteiger partial charge < -0.3 is 20.9 Å². The van der Waals surface area contributed by atoms with Crippen LogP contribution in [0.25, 0.3) is 5.70 Å². The highest BCUT2D eigenvalue weighted by molar-refractivity contribution is 7.10. The average Bonchev–Trinajstić information content (AvgIpc) is 3.11. The Labute approximate surface area is 149 Å². The van der Waals surface area contributed by atoms with Crippen molar-refractivity contribution in [3.63, 3.8) is 0 Å². The molecule has 0 aliphatic carbocycles. The zero-order chi connectivity index (χ0) is 18.4. The molecular weight excluding hydrogens is 347 g/mol. The third kappa shape index (κ3) is 4.61. The van der Waals surface area contributed by atoms with E-state index in [-0.39, 0.29) is 37.3 Å². The summed E-state index contributed by atoms with van der Waals surface area (Å²) in [6.07, 6.45) is 2.60. The molecule has 0 unspecified atom stereocenters. The van der Waals surface area contributed by atoms with E-state index in [4.69, 9.17) is 26.4 Å². The molecule has 0 aliphatic heterocycles. The Morgan fingerprint density at radius 3 is 2.88 bits per heavy atom. The van der Waals surface area contributed by atoms with Crippen molar-refractivity contribution in [2.45, 2.75) is 0 Å². The lowest BCUT2D eigenvalue weighted by molar-refractivity contribution is -0.108. The highest BCUT2D eigenvalue weighted by Gasteiger charge is 2.17. The van der Waals surface area contributed by atoms with E-state index in [1.165, 1.54) is 30.7 Å². The lowest BCUT2D eigenvalue weighted by atomic mass is 10.0. The summed E-state index contributed by atoms with van der Waals surface area (Å²) in [6, 6.07) is 2.23. The molecular formula is C16H19FN4O3S. The van der Waals surface area contributed by atoms with Crippen molar-refractivity contribution in [2.75, 3.05) is 26.1 Å². The third-order valence-electron chi connectivity index (χ3n) is 3.17. The molecule has 0 amide bonds. The summed E-state index contributed by atoms with van der Waals surface area (Å²) in [7, 11) is 1.50. The molecule has 2 rings (SSSR count). The summed E-state index contributed by atoms with van der Waals surface area (Å²) in [6.45, 7) is 0.438. The number of carbonyl (C=O) groups excluding carboxylic acids is 1. The topological polar surface area (TPSA) is 124 Å². The second-order valence-electron chi connectivity index (χ2n) is 4.92. The van der Waals surface area contributed by atoms with Crippen LogP contribution in [0.4, 0.5) is 10.1 Å². The highest BCUT2D eigenvalue weighted by atomic mass is 32.1. The summed E-state index contributed by atoms with van der Waals surface area (Å²) in [5.74, 6) is -1.49. The van der Waals surface area contributed by atoms with Crippen LogP contribution < -0.4 is 16.2 Å². The number of aromatic nitrogens is 1. The Morgan fingerprint density at radius 2 is 2.24 bits per heavy atom. The molecule has 0 saturated carbocycles. The summed E-state index contributed by atoms with van der Waals surface area (Å²) >= 11 is 1.26. The van der Waals surface area contributed by atoms with Crippen molar-refractivity contribution in [1.82, 2.24) is 4.98 Å². The zero-order valence-corrected chi connectivity index (χ0v) is 14.2. The second-order valence-corrected chi connectivity index (χ2v) is 5.80. The maximum absolute atomic E-state index is 14.1. The van der Waals surface area contributed by atoms with E-state index in [0.717, 1.165) is 12.1 Å². The van der Waals surface area contributed by atoms with Gasteiger partial charge in [-0.1, -0.05) is 0 Å². The van der Waals surface area contributed by atoms with Crippen molar-refractivity contribution in [2.24, 2.45) is 5.73 Å². The van der Waals surface area contributed by atoms with E-state index < -0.39 is 17.3 Å². The maximum atomic E-state index is 14.1. The number of nitrogen functional groups attached to an aromatic ring is 1. The van der Waals surface area contributed by atoms with Gasteiger partial charge in [0.25, 0.3) is 0 Å². The molecule has 0 bridgehead atoms. The number of hydrogen-bond donors (Lipinski definition) is 3. The molecule has 0 aliphatic rings. The maximum Gasteiger partial charge on any atom is 0.206 e. The Hall–Kier alpha value is -2.78. The van der Waals surface area contributed by atoms with Gasteiger partial charge in [0.2, 0.25) is 5.78 Å². The molecule has 25 heavy (non-hydrogen) atoms. The van der Waals surface area contributed by atoms with Gasteiger partial charge in [0, 0.05) is 38.1 Å². The molecule has 7 nitrogen and oxygen atoms in total. The first-order chi connectivity index (χ1) is 11.9. The molecule has 5 N–H and O–H groups in total. The van der Waals surface area contributed by atoms with Crippen LogP contribution in [0.1, 0.15) is 11.9 Å². The lowest BCUT2D eigenvalue weighted by Crippen LogP contribution is -2.16. The first kappa shape index (κ1) is 18.6. The van der Waals surface area contributed by atoms with Gasteiger partial charge in [0.15, 0.2) is 11.6 Å². The minimum atomic E-state index is -0.725. The van der Waals surface area contributed by atoms with Crippen LogP contribution >= 0.6 is 11.3 Å². The minimum Gasteiger partial charge on any atom is -0.488 e. The largest absolute Gasteiger partial charge is 0.488 e. The van der Waals surface area contributed by atoms with Gasteiger partial charge in [-0.25, -0.2) is 4.39 Å². The van der Waals surface area contributed by atoms with Crippen molar-refractivity contribution in [3.8, 4) is 5.75 Å². The minimum absolute atomic E-state index is 0. The van der Waals surface area contributed by atoms with Crippen LogP contribution in [0, 0.1) is 11.2 Å². The SMILES string of the molecule is COCCOc1cc(N)c(C(=N)C(=O)/C=C(\N)c2cncs2)cc1F.[HH]. The zero-order valence-electron chi connectivity index (χ0n) is 13.4. The Morgan fingerprint density at radius 1 is 1.48 bits per heavy atom. The van der Waals surface area contributed by atoms with Gasteiger partial charge in [-0.2, -0.15) is 0 Å². The number of benzene rings is 1. The summed E-state index contributed by atoms with van der Waals surface area (Å²) < 4.78 is 24.1. The van der Waals surface area contributed by atoms with Crippen LogP contribution in [0.3, 0.4) is 0 Å². The van der Waals surface area contributed by atoms with Gasteiger partial charge in [-0.05, 0) is 6.07 Å². The molecule has 0 saturated heterocycles. The first-order valence-electron chi connectivity index (χ1n) is 7.14. The summed E-state index contributed by atoms with van der Waals surface area (Å²) in [5.41, 5.74) is 12.9. The number of ether oxygens (including phenoxy) is 2. The van der Waals surface area contributed by atoms with Gasteiger partial charge in [0.1, 0.15) is 12.3 Å². The van der Waals surface area contributed by atoms with E-state index in [9.17, 15) is 9.18 Å². The number of nitrogens with two attached hydrogens (primary N) is 2. The molecule has 0 atom stereocenters. The van der Waals surface area contributed by atoms with Gasteiger partial charge >= 0.3 is 0 Å². The molecule has 134 valence electrons. The number of nitrogens with zero attached hydrogens (tertiary/aromatic N) is 1. The fourth-order valence-electron chi connectivity index (χ4n) is 1.91. The molecule has 1 heterocycles. The molecule has 9 heteroatoms. The van der Waals surface area contributed by atoms with E-state index in [0.29, 0.717) is 4.88 Å². The highest BCUT2D eigenvalue weighted by Crippen LogP contribution is 2.25. The molecule has 0 radical (unpaired) electrons. The van der Waals surface area contributed by atoms with Crippen LogP contribution in [0.5, 0.6) is 5.75 Å². The smallest absolute Gasteiger partial charge is 0.206 e. The van der Waals surface area contributed by atoms with Crippen LogP contribution in [0.2, 0.25) is 0 Å². The fraction of sp³-hybridized carbons (Fsp3) is 0.188. The average molecular weight is 366 g/mol. The Kier molecular flexibility index (Phi) is 6.20. The normalized spacial score (nSPS) is 11.4. The Balaban J connectivity index is 0.00000338. The van der Waals surface area contributed by atoms with E-state index in [1.54, 1.807) is 5.51 Å². The molecule has 0 fully saturated rings. The van der Waals surface area contributed by atoms with Crippen LogP contribution in [-0.4, -0.2) is 36.8 Å². The van der Waals surface area contributed by atoms with Crippen molar-refractivity contribution in [1.29, 1.82) is 5.41 Å². The fourth-order valence-corrected chi connectivity index (χ4v) is 2.46. The van der Waals surface area contributed by atoms with Crippen molar-refractivity contribution < 1.29 is 20.1 Å². The number of allylic oxidation sites excluding steroid dienone is 1. The van der Waals surface area contributed by atoms with Crippen molar-refractivity contribution >= 4 is 34.2 Å². The number of anilines is 1. The number of methoxy groups -OCH3 is 1. The predicted molar refractivity (Wildman–Crippen MR) is 96.4 cm³/mol. The number of nitrogens with one attached hydrogen (secondary N) is 1. The van der Waals surface area contributed by atoms with Gasteiger partial charge in [-0.15, -0.1) is 11.3 Å². The quantitative estimate of drug-likeness (QED) is 0.284. The first-order valence-corrected chi connectivity index (χ1v) is 8.02. The molecule has 2 aromatic rings. The second kappa shape index (κ2) is 8.36. The number of thiazole rings is 1. The number of ketones is 1. The van der Waals surface area contributed by atoms with Crippen molar-refractivity contribution in [3.05, 3.63) is 46.2 Å². The van der Waals surface area contributed by atoms with E-state index >= 15 is 0 Å². The van der Waals surface area contributed by atoms with E-state index in [2.05, 4.69) is 4.98 Å². The monoisotopic (exact) mass is 366 g/mol. The predicted octanol–water partition coefficient (Wildman–Crippen LogP) is 2.07. The number of hydrogen-bond acceptors (Lipinski definition) is 8. The lowest BCUT2D eigenvalue weighted by Gasteiger charge is -2.11. The van der Waals surface area contributed by atoms with E-state index in [1.807, 2.05) is 0 Å². The molecule has 1 aromatic heterocycles.